The van der Waals surface area contributed by atoms with Crippen LogP contribution in [-0.4, -0.2) is 0 Å². The Hall–Kier alpha value is -0.487. The third-order valence-corrected chi connectivity index (χ3v) is 4.46. The quantitative estimate of drug-likeness (QED) is 0.370. The predicted octanol–water partition coefficient (Wildman–Crippen LogP) is 7.60. The normalized spacial score (nSPS) is 10.6. The van der Waals surface area contributed by atoms with Gasteiger partial charge in [-0.25, -0.2) is 0 Å². The maximum absolute atomic E-state index is 4.93. The fraction of sp³-hybridized carbons (Fsp3) is 0.286. The molecule has 0 aliphatic heterocycles. The molecule has 0 saturated heterocycles. The van der Waals surface area contributed by atoms with Crippen LogP contribution in [0.5, 0.6) is 0 Å². The maximum atomic E-state index is 4.93. The van der Waals surface area contributed by atoms with Crippen molar-refractivity contribution in [2.24, 2.45) is 0 Å². The summed E-state index contributed by atoms with van der Waals surface area (Å²) in [7, 11) is 9.87. The molecule has 24 heavy (non-hydrogen) atoms. The Bertz CT molecular complexity index is 803. The van der Waals surface area contributed by atoms with Gasteiger partial charge in [-0.3, -0.25) is 0 Å². The van der Waals surface area contributed by atoms with E-state index >= 15 is 0 Å². The molecule has 126 valence electrons. The molecule has 0 aromatic heterocycles. The summed E-state index contributed by atoms with van der Waals surface area (Å²) in [5.41, 5.74) is 7.04. The first kappa shape index (κ1) is 19.8. The summed E-state index contributed by atoms with van der Waals surface area (Å²) in [6.07, 6.45) is 1.07. The van der Waals surface area contributed by atoms with Crippen LogP contribution in [0.4, 0.5) is 0 Å². The number of aryl methyl sites for hydroxylation is 2. The first-order chi connectivity index (χ1) is 11.5. The van der Waals surface area contributed by atoms with Crippen molar-refractivity contribution in [2.75, 3.05) is 0 Å². The van der Waals surface area contributed by atoms with Crippen molar-refractivity contribution in [2.45, 2.75) is 40.0 Å². The monoisotopic (exact) mass is 435 g/mol. The molecule has 0 unspecified atom stereocenters. The molecule has 0 heterocycles. The van der Waals surface area contributed by atoms with E-state index in [4.69, 9.17) is 17.0 Å². The molecule has 0 spiro atoms. The standard InChI is InChI=1S/C21H23.2ClH.Zr/c1-5-16-10-11-17-12-18(14(2)3)13-20(17)21(16)19-9-7-6-8-15(19)4;;;/h6-14H,5H2,1-4H3;2*1H;/q-1;;;+2/p-2. The molecule has 0 radical (unpaired) electrons. The Kier molecular flexibility index (Phi) is 7.67. The van der Waals surface area contributed by atoms with Gasteiger partial charge in [0.05, 0.1) is 0 Å². The molecule has 0 bridgehead atoms. The van der Waals surface area contributed by atoms with Crippen LogP contribution in [0.15, 0.2) is 48.5 Å². The SMILES string of the molecule is CCc1ccc2[cH-]c(C(C)C)cc2c1-c1ccccc1C.[Cl][Zr][Cl]. The topological polar surface area (TPSA) is 0 Å². The summed E-state index contributed by atoms with van der Waals surface area (Å²) in [6.45, 7) is 8.99. The fourth-order valence-electron chi connectivity index (χ4n) is 3.15. The molecule has 0 aliphatic carbocycles. The number of halogens is 2. The minimum absolute atomic E-state index is 0.576. The molecular weight excluding hydrogens is 414 g/mol. The van der Waals surface area contributed by atoms with E-state index in [1.54, 1.807) is 0 Å². The molecule has 0 N–H and O–H groups in total. The molecule has 0 nitrogen and oxygen atoms in total. The third kappa shape index (κ3) is 4.37. The summed E-state index contributed by atoms with van der Waals surface area (Å²) in [4.78, 5) is 0. The third-order valence-electron chi connectivity index (χ3n) is 4.46. The van der Waals surface area contributed by atoms with Gasteiger partial charge in [-0.15, -0.1) is 34.5 Å². The van der Waals surface area contributed by atoms with E-state index in [-0.39, 0.29) is 0 Å². The summed E-state index contributed by atoms with van der Waals surface area (Å²) in [5.74, 6) is 0.576. The number of fused-ring (bicyclic) bond motifs is 1. The number of benzene rings is 2. The molecule has 0 aliphatic rings. The van der Waals surface area contributed by atoms with Crippen LogP contribution < -0.4 is 0 Å². The van der Waals surface area contributed by atoms with Gasteiger partial charge in [0.2, 0.25) is 0 Å². The molecule has 0 fully saturated rings. The first-order valence-corrected chi connectivity index (χ1v) is 14.6. The van der Waals surface area contributed by atoms with Crippen LogP contribution in [0.25, 0.3) is 21.9 Å². The van der Waals surface area contributed by atoms with Crippen molar-refractivity contribution in [3.63, 3.8) is 0 Å². The molecule has 3 heteroatoms. The first-order valence-electron chi connectivity index (χ1n) is 8.27. The molecule has 0 amide bonds. The van der Waals surface area contributed by atoms with Crippen LogP contribution in [0.2, 0.25) is 0 Å². The summed E-state index contributed by atoms with van der Waals surface area (Å²) in [6, 6.07) is 18.0. The van der Waals surface area contributed by atoms with E-state index in [0.717, 1.165) is 6.42 Å². The predicted molar refractivity (Wildman–Crippen MR) is 105 cm³/mol. The second-order valence-corrected chi connectivity index (χ2v) is 10.0. The van der Waals surface area contributed by atoms with Crippen molar-refractivity contribution in [1.82, 2.24) is 0 Å². The second-order valence-electron chi connectivity index (χ2n) is 6.29. The summed E-state index contributed by atoms with van der Waals surface area (Å²) in [5, 5.41) is 2.78. The minimum atomic E-state index is -0.826. The molecular formula is C21H23Cl2Zr-. The van der Waals surface area contributed by atoms with Crippen LogP contribution >= 0.6 is 17.0 Å². The number of rotatable bonds is 3. The van der Waals surface area contributed by atoms with Gasteiger partial charge in [-0.2, -0.15) is 6.07 Å². The zero-order chi connectivity index (χ0) is 17.7. The molecule has 3 aromatic rings. The Morgan fingerprint density at radius 3 is 2.33 bits per heavy atom. The van der Waals surface area contributed by atoms with Crippen LogP contribution in [0, 0.1) is 6.92 Å². The Labute approximate surface area is 164 Å². The zero-order valence-electron chi connectivity index (χ0n) is 14.7. The summed E-state index contributed by atoms with van der Waals surface area (Å²) < 4.78 is 0. The molecule has 0 atom stereocenters. The number of hydrogen-bond acceptors (Lipinski definition) is 0. The Morgan fingerprint density at radius 1 is 1.08 bits per heavy atom. The fourth-order valence-corrected chi connectivity index (χ4v) is 3.15. The van der Waals surface area contributed by atoms with E-state index in [1.165, 1.54) is 38.6 Å². The van der Waals surface area contributed by atoms with E-state index in [0.29, 0.717) is 5.92 Å². The van der Waals surface area contributed by atoms with Gasteiger partial charge < -0.3 is 0 Å². The second kappa shape index (κ2) is 9.28. The van der Waals surface area contributed by atoms with Crippen LogP contribution in [-0.2, 0) is 27.3 Å². The summed E-state index contributed by atoms with van der Waals surface area (Å²) >= 11 is -0.826. The van der Waals surface area contributed by atoms with Gasteiger partial charge in [-0.1, -0.05) is 56.2 Å². The van der Waals surface area contributed by atoms with Gasteiger partial charge >= 0.3 is 37.9 Å². The van der Waals surface area contributed by atoms with Gasteiger partial charge in [0.15, 0.2) is 0 Å². The zero-order valence-corrected chi connectivity index (χ0v) is 18.6. The van der Waals surface area contributed by atoms with Gasteiger partial charge in [-0.05, 0) is 30.4 Å². The van der Waals surface area contributed by atoms with Crippen molar-refractivity contribution in [3.05, 3.63) is 65.2 Å². The Morgan fingerprint density at radius 2 is 1.75 bits per heavy atom. The van der Waals surface area contributed by atoms with E-state index in [1.807, 2.05) is 0 Å². The van der Waals surface area contributed by atoms with Crippen molar-refractivity contribution < 1.29 is 20.8 Å². The van der Waals surface area contributed by atoms with E-state index in [9.17, 15) is 0 Å². The average molecular weight is 438 g/mol. The van der Waals surface area contributed by atoms with Gasteiger partial charge in [0, 0.05) is 0 Å². The molecule has 0 saturated carbocycles. The van der Waals surface area contributed by atoms with Gasteiger partial charge in [0.25, 0.3) is 0 Å². The van der Waals surface area contributed by atoms with Crippen LogP contribution in [0.3, 0.4) is 0 Å². The van der Waals surface area contributed by atoms with Crippen molar-refractivity contribution in [1.29, 1.82) is 0 Å². The average Bonchev–Trinajstić information content (AvgIpc) is 3.00. The van der Waals surface area contributed by atoms with E-state index in [2.05, 4.69) is 76.2 Å². The van der Waals surface area contributed by atoms with Crippen LogP contribution in [0.1, 0.15) is 43.4 Å². The molecule has 3 aromatic carbocycles. The Balaban J connectivity index is 0.000000647. The van der Waals surface area contributed by atoms with Crippen molar-refractivity contribution >= 4 is 27.8 Å². The van der Waals surface area contributed by atoms with Crippen molar-refractivity contribution in [3.8, 4) is 11.1 Å². The van der Waals surface area contributed by atoms with E-state index < -0.39 is 20.8 Å². The molecule has 3 rings (SSSR count). The van der Waals surface area contributed by atoms with Gasteiger partial charge in [0.1, 0.15) is 0 Å². The number of hydrogen-bond donors (Lipinski definition) is 0.